The Kier molecular flexibility index (Phi) is 3.58. The minimum absolute atomic E-state index is 0.0686. The fourth-order valence-electron chi connectivity index (χ4n) is 2.79. The molecule has 0 bridgehead atoms. The van der Waals surface area contributed by atoms with E-state index in [0.29, 0.717) is 0 Å². The molecule has 0 radical (unpaired) electrons. The smallest absolute Gasteiger partial charge is 0.186 e. The van der Waals surface area contributed by atoms with E-state index in [-0.39, 0.29) is 5.41 Å². The van der Waals surface area contributed by atoms with Crippen molar-refractivity contribution in [3.63, 3.8) is 0 Å². The molecule has 20 heavy (non-hydrogen) atoms. The van der Waals surface area contributed by atoms with Crippen molar-refractivity contribution in [2.24, 2.45) is 0 Å². The van der Waals surface area contributed by atoms with Gasteiger partial charge in [-0.1, -0.05) is 32.1 Å². The van der Waals surface area contributed by atoms with Gasteiger partial charge in [-0.25, -0.2) is 4.98 Å². The van der Waals surface area contributed by atoms with Gasteiger partial charge in [-0.3, -0.25) is 9.69 Å². The van der Waals surface area contributed by atoms with E-state index in [4.69, 9.17) is 4.98 Å². The highest BCUT2D eigenvalue weighted by Crippen LogP contribution is 2.34. The molecule has 1 aromatic heterocycles. The van der Waals surface area contributed by atoms with Gasteiger partial charge in [0.05, 0.1) is 10.6 Å². The molecule has 0 amide bonds. The van der Waals surface area contributed by atoms with Gasteiger partial charge in [0.1, 0.15) is 0 Å². The van der Waals surface area contributed by atoms with E-state index in [1.54, 1.807) is 11.3 Å². The first-order valence-corrected chi connectivity index (χ1v) is 8.26. The predicted molar refractivity (Wildman–Crippen MR) is 83.0 cm³/mol. The molecule has 4 nitrogen and oxygen atoms in total. The van der Waals surface area contributed by atoms with Crippen molar-refractivity contribution < 1.29 is 4.79 Å². The largest absolute Gasteiger partial charge is 0.346 e. The Morgan fingerprint density at radius 1 is 1.20 bits per heavy atom. The number of thiazole rings is 1. The van der Waals surface area contributed by atoms with E-state index >= 15 is 0 Å². The molecule has 1 aliphatic heterocycles. The Bertz CT molecular complexity index is 494. The van der Waals surface area contributed by atoms with Crippen molar-refractivity contribution in [1.82, 2.24) is 9.88 Å². The van der Waals surface area contributed by atoms with E-state index in [0.717, 1.165) is 54.2 Å². The van der Waals surface area contributed by atoms with Crippen LogP contribution in [-0.2, 0) is 5.41 Å². The van der Waals surface area contributed by atoms with Gasteiger partial charge in [-0.2, -0.15) is 0 Å². The third kappa shape index (κ3) is 2.74. The predicted octanol–water partition coefficient (Wildman–Crippen LogP) is 2.54. The van der Waals surface area contributed by atoms with Gasteiger partial charge in [0, 0.05) is 37.6 Å². The number of aldehydes is 1. The van der Waals surface area contributed by atoms with Crippen LogP contribution in [-0.4, -0.2) is 48.4 Å². The van der Waals surface area contributed by atoms with Gasteiger partial charge in [0.2, 0.25) is 0 Å². The van der Waals surface area contributed by atoms with Crippen LogP contribution < -0.4 is 4.90 Å². The van der Waals surface area contributed by atoms with Gasteiger partial charge in [0.15, 0.2) is 11.4 Å². The summed E-state index contributed by atoms with van der Waals surface area (Å²) in [5, 5.41) is 1.02. The summed E-state index contributed by atoms with van der Waals surface area (Å²) in [5.41, 5.74) is 0.873. The number of anilines is 1. The molecule has 5 heteroatoms. The van der Waals surface area contributed by atoms with Gasteiger partial charge in [-0.05, 0) is 12.8 Å². The fourth-order valence-corrected chi connectivity index (χ4v) is 3.93. The van der Waals surface area contributed by atoms with Crippen LogP contribution in [0.4, 0.5) is 5.13 Å². The fraction of sp³-hybridized carbons (Fsp3) is 0.733. The summed E-state index contributed by atoms with van der Waals surface area (Å²) >= 11 is 1.55. The number of hydrogen-bond donors (Lipinski definition) is 0. The highest BCUT2D eigenvalue weighted by atomic mass is 32.1. The minimum Gasteiger partial charge on any atom is -0.346 e. The molecule has 1 saturated heterocycles. The van der Waals surface area contributed by atoms with Crippen LogP contribution in [0, 0.1) is 0 Å². The number of piperazine rings is 1. The summed E-state index contributed by atoms with van der Waals surface area (Å²) < 4.78 is 0. The van der Waals surface area contributed by atoms with E-state index in [1.807, 2.05) is 0 Å². The van der Waals surface area contributed by atoms with Gasteiger partial charge in [-0.15, -0.1) is 0 Å². The van der Waals surface area contributed by atoms with Gasteiger partial charge >= 0.3 is 0 Å². The highest BCUT2D eigenvalue weighted by molar-refractivity contribution is 7.17. The van der Waals surface area contributed by atoms with Crippen LogP contribution >= 0.6 is 11.3 Å². The average Bonchev–Trinajstić information content (AvgIpc) is 3.16. The van der Waals surface area contributed by atoms with Crippen molar-refractivity contribution in [3.05, 3.63) is 10.6 Å². The number of rotatable bonds is 3. The molecular formula is C15H23N3OS. The Labute approximate surface area is 124 Å². The Morgan fingerprint density at radius 3 is 2.30 bits per heavy atom. The maximum absolute atomic E-state index is 11.3. The van der Waals surface area contributed by atoms with Crippen molar-refractivity contribution in [1.29, 1.82) is 0 Å². The maximum Gasteiger partial charge on any atom is 0.186 e. The molecule has 1 aliphatic carbocycles. The number of nitrogens with zero attached hydrogens (tertiary/aromatic N) is 3. The van der Waals surface area contributed by atoms with E-state index < -0.39 is 0 Å². The maximum atomic E-state index is 11.3. The zero-order valence-corrected chi connectivity index (χ0v) is 13.4. The third-order valence-electron chi connectivity index (χ3n) is 4.11. The van der Waals surface area contributed by atoms with Crippen LogP contribution in [0.1, 0.15) is 49.0 Å². The second-order valence-electron chi connectivity index (χ2n) is 6.83. The summed E-state index contributed by atoms with van der Waals surface area (Å²) in [6, 6.07) is 0.851. The Morgan fingerprint density at radius 2 is 1.85 bits per heavy atom. The SMILES string of the molecule is CC(C)(C)c1nc(N2CCN(C3CC3)CC2)sc1C=O. The number of hydrogen-bond acceptors (Lipinski definition) is 5. The van der Waals surface area contributed by atoms with Crippen LogP contribution in [0.25, 0.3) is 0 Å². The van der Waals surface area contributed by atoms with E-state index in [9.17, 15) is 4.79 Å². The lowest BCUT2D eigenvalue weighted by Crippen LogP contribution is -2.47. The molecule has 0 unspecified atom stereocenters. The molecule has 0 spiro atoms. The van der Waals surface area contributed by atoms with Crippen molar-refractivity contribution in [2.75, 3.05) is 31.1 Å². The molecular weight excluding hydrogens is 270 g/mol. The molecule has 1 aromatic rings. The molecule has 3 rings (SSSR count). The van der Waals surface area contributed by atoms with Crippen molar-refractivity contribution in [2.45, 2.75) is 45.1 Å². The quantitative estimate of drug-likeness (QED) is 0.803. The molecule has 1 saturated carbocycles. The standard InChI is InChI=1S/C15H23N3OS/c1-15(2,3)13-12(10-19)20-14(16-13)18-8-6-17(7-9-18)11-4-5-11/h10-11H,4-9H2,1-3H3. The number of aromatic nitrogens is 1. The molecule has 110 valence electrons. The van der Waals surface area contributed by atoms with Crippen LogP contribution in [0.5, 0.6) is 0 Å². The first-order chi connectivity index (χ1) is 9.49. The van der Waals surface area contributed by atoms with Crippen molar-refractivity contribution >= 4 is 22.8 Å². The van der Waals surface area contributed by atoms with E-state index in [1.165, 1.54) is 12.8 Å². The van der Waals surface area contributed by atoms with Crippen LogP contribution in [0.15, 0.2) is 0 Å². The van der Waals surface area contributed by atoms with Crippen LogP contribution in [0.2, 0.25) is 0 Å². The lowest BCUT2D eigenvalue weighted by Gasteiger charge is -2.34. The summed E-state index contributed by atoms with van der Waals surface area (Å²) in [4.78, 5) is 21.7. The molecule has 2 aliphatic rings. The highest BCUT2D eigenvalue weighted by Gasteiger charge is 2.32. The first kappa shape index (κ1) is 14.0. The van der Waals surface area contributed by atoms with Gasteiger partial charge < -0.3 is 4.90 Å². The Hall–Kier alpha value is -0.940. The second-order valence-corrected chi connectivity index (χ2v) is 7.84. The lowest BCUT2D eigenvalue weighted by molar-refractivity contribution is 0.112. The summed E-state index contributed by atoms with van der Waals surface area (Å²) in [5.74, 6) is 0. The monoisotopic (exact) mass is 293 g/mol. The summed E-state index contributed by atoms with van der Waals surface area (Å²) in [6.45, 7) is 10.7. The summed E-state index contributed by atoms with van der Waals surface area (Å²) in [6.07, 6.45) is 3.71. The Balaban J connectivity index is 1.74. The molecule has 2 heterocycles. The zero-order chi connectivity index (χ0) is 14.3. The second kappa shape index (κ2) is 5.11. The summed E-state index contributed by atoms with van der Waals surface area (Å²) in [7, 11) is 0. The zero-order valence-electron chi connectivity index (χ0n) is 12.6. The average molecular weight is 293 g/mol. The third-order valence-corrected chi connectivity index (χ3v) is 5.15. The normalized spacial score (nSPS) is 21.2. The first-order valence-electron chi connectivity index (χ1n) is 7.44. The van der Waals surface area contributed by atoms with Crippen molar-refractivity contribution in [3.8, 4) is 0 Å². The minimum atomic E-state index is -0.0686. The molecule has 0 atom stereocenters. The lowest BCUT2D eigenvalue weighted by atomic mass is 9.91. The van der Waals surface area contributed by atoms with Gasteiger partial charge in [0.25, 0.3) is 0 Å². The topological polar surface area (TPSA) is 36.4 Å². The molecule has 0 N–H and O–H groups in total. The molecule has 0 aromatic carbocycles. The van der Waals surface area contributed by atoms with E-state index in [2.05, 4.69) is 30.6 Å². The number of carbonyl (C=O) groups excluding carboxylic acids is 1. The van der Waals surface area contributed by atoms with Crippen LogP contribution in [0.3, 0.4) is 0 Å². The number of carbonyl (C=O) groups is 1. The molecule has 2 fully saturated rings.